The lowest BCUT2D eigenvalue weighted by Gasteiger charge is -2.14. The number of hydrogen-bond acceptors (Lipinski definition) is 2. The van der Waals surface area contributed by atoms with E-state index in [1.807, 2.05) is 37.3 Å². The van der Waals surface area contributed by atoms with Crippen LogP contribution in [0.2, 0.25) is 0 Å². The monoisotopic (exact) mass is 264 g/mol. The lowest BCUT2D eigenvalue weighted by molar-refractivity contribution is 0.552. The first-order chi connectivity index (χ1) is 8.49. The van der Waals surface area contributed by atoms with Gasteiger partial charge in [0.2, 0.25) is 0 Å². The summed E-state index contributed by atoms with van der Waals surface area (Å²) < 4.78 is 0. The van der Waals surface area contributed by atoms with Crippen LogP contribution in [0.25, 0.3) is 0 Å². The quantitative estimate of drug-likeness (QED) is 0.202. The highest BCUT2D eigenvalue weighted by atomic mass is 35.5. The minimum atomic E-state index is -0.606. The third-order valence-corrected chi connectivity index (χ3v) is 2.78. The first-order valence-corrected chi connectivity index (χ1v) is 6.68. The van der Waals surface area contributed by atoms with Gasteiger partial charge in [-0.25, -0.2) is 0 Å². The van der Waals surface area contributed by atoms with Crippen molar-refractivity contribution in [1.29, 1.82) is 0 Å². The fourth-order valence-corrected chi connectivity index (χ4v) is 1.69. The predicted molar refractivity (Wildman–Crippen MR) is 78.5 cm³/mol. The SMILES string of the molecule is CC(C)=CCCCC(C)(Cl)N=Nc1ccccc1. The summed E-state index contributed by atoms with van der Waals surface area (Å²) in [5.74, 6) is 0. The number of azo groups is 1. The maximum atomic E-state index is 6.32. The van der Waals surface area contributed by atoms with Gasteiger partial charge in [0, 0.05) is 0 Å². The lowest BCUT2D eigenvalue weighted by atomic mass is 10.1. The third-order valence-electron chi connectivity index (χ3n) is 2.52. The van der Waals surface area contributed by atoms with Crippen LogP contribution in [0.4, 0.5) is 5.69 Å². The van der Waals surface area contributed by atoms with E-state index in [2.05, 4.69) is 30.2 Å². The van der Waals surface area contributed by atoms with Crippen molar-refractivity contribution < 1.29 is 0 Å². The lowest BCUT2D eigenvalue weighted by Crippen LogP contribution is -2.11. The van der Waals surface area contributed by atoms with Crippen molar-refractivity contribution >= 4 is 17.3 Å². The molecule has 0 heterocycles. The number of unbranched alkanes of at least 4 members (excludes halogenated alkanes) is 1. The van der Waals surface area contributed by atoms with Gasteiger partial charge in [-0.3, -0.25) is 0 Å². The molecule has 0 aromatic heterocycles. The van der Waals surface area contributed by atoms with Gasteiger partial charge in [-0.1, -0.05) is 41.4 Å². The first kappa shape index (κ1) is 14.9. The Balaban J connectivity index is 2.44. The van der Waals surface area contributed by atoms with Crippen LogP contribution in [0.15, 0.2) is 52.2 Å². The van der Waals surface area contributed by atoms with Crippen molar-refractivity contribution in [3.8, 4) is 0 Å². The Labute approximate surface area is 115 Å². The second kappa shape index (κ2) is 7.32. The zero-order chi connectivity index (χ0) is 13.4. The van der Waals surface area contributed by atoms with E-state index in [1.54, 1.807) is 0 Å². The Morgan fingerprint density at radius 2 is 1.94 bits per heavy atom. The van der Waals surface area contributed by atoms with Crippen LogP contribution in [0.1, 0.15) is 40.0 Å². The molecule has 1 unspecified atom stereocenters. The van der Waals surface area contributed by atoms with E-state index in [0.29, 0.717) is 0 Å². The van der Waals surface area contributed by atoms with Crippen LogP contribution in [0.5, 0.6) is 0 Å². The van der Waals surface area contributed by atoms with Crippen LogP contribution in [0.3, 0.4) is 0 Å². The minimum absolute atomic E-state index is 0.606. The van der Waals surface area contributed by atoms with Gasteiger partial charge < -0.3 is 0 Å². The molecule has 98 valence electrons. The standard InChI is InChI=1S/C15H21ClN2/c1-13(2)9-7-8-12-15(3,16)18-17-14-10-5-4-6-11-14/h4-6,9-11H,7-8,12H2,1-3H3. The summed E-state index contributed by atoms with van der Waals surface area (Å²) in [4.78, 5) is -0.606. The van der Waals surface area contributed by atoms with Crippen molar-refractivity contribution in [2.24, 2.45) is 10.2 Å². The number of alkyl halides is 1. The molecule has 0 saturated heterocycles. The molecule has 0 N–H and O–H groups in total. The summed E-state index contributed by atoms with van der Waals surface area (Å²) in [7, 11) is 0. The van der Waals surface area contributed by atoms with E-state index in [0.717, 1.165) is 24.9 Å². The maximum Gasteiger partial charge on any atom is 0.152 e. The zero-order valence-electron chi connectivity index (χ0n) is 11.4. The molecular weight excluding hydrogens is 244 g/mol. The van der Waals surface area contributed by atoms with E-state index in [4.69, 9.17) is 11.6 Å². The second-order valence-corrected chi connectivity index (χ2v) is 5.67. The molecule has 0 radical (unpaired) electrons. The van der Waals surface area contributed by atoms with E-state index >= 15 is 0 Å². The van der Waals surface area contributed by atoms with Crippen molar-refractivity contribution in [2.45, 2.75) is 45.0 Å². The normalized spacial score (nSPS) is 14.4. The summed E-state index contributed by atoms with van der Waals surface area (Å²) in [6, 6.07) is 9.67. The molecule has 2 nitrogen and oxygen atoms in total. The number of nitrogens with zero attached hydrogens (tertiary/aromatic N) is 2. The van der Waals surface area contributed by atoms with Crippen molar-refractivity contribution in [3.63, 3.8) is 0 Å². The fraction of sp³-hybridized carbons (Fsp3) is 0.467. The second-order valence-electron chi connectivity index (χ2n) is 4.85. The number of allylic oxidation sites excluding steroid dienone is 2. The molecule has 1 aromatic carbocycles. The number of rotatable bonds is 6. The Bertz CT molecular complexity index is 404. The van der Waals surface area contributed by atoms with Gasteiger partial charge in [-0.05, 0) is 52.2 Å². The van der Waals surface area contributed by atoms with Crippen molar-refractivity contribution in [2.75, 3.05) is 0 Å². The van der Waals surface area contributed by atoms with Gasteiger partial charge in [0.1, 0.15) is 0 Å². The molecule has 0 fully saturated rings. The third kappa shape index (κ3) is 6.55. The molecule has 1 aromatic rings. The Kier molecular flexibility index (Phi) is 6.06. The molecule has 0 saturated carbocycles. The highest BCUT2D eigenvalue weighted by Crippen LogP contribution is 2.26. The van der Waals surface area contributed by atoms with Crippen LogP contribution < -0.4 is 0 Å². The van der Waals surface area contributed by atoms with Gasteiger partial charge in [0.25, 0.3) is 0 Å². The average Bonchev–Trinajstić information content (AvgIpc) is 2.34. The van der Waals surface area contributed by atoms with E-state index < -0.39 is 5.00 Å². The molecule has 0 aliphatic rings. The van der Waals surface area contributed by atoms with E-state index in [1.165, 1.54) is 5.57 Å². The van der Waals surface area contributed by atoms with Crippen LogP contribution in [-0.4, -0.2) is 5.00 Å². The molecule has 0 aliphatic heterocycles. The van der Waals surface area contributed by atoms with Gasteiger partial charge >= 0.3 is 0 Å². The van der Waals surface area contributed by atoms with E-state index in [-0.39, 0.29) is 0 Å². The smallest absolute Gasteiger partial charge is 0.152 e. The predicted octanol–water partition coefficient (Wildman–Crippen LogP) is 5.86. The molecule has 0 bridgehead atoms. The molecule has 1 rings (SSSR count). The molecule has 3 heteroatoms. The fourth-order valence-electron chi connectivity index (χ4n) is 1.52. The maximum absolute atomic E-state index is 6.32. The van der Waals surface area contributed by atoms with Crippen LogP contribution >= 0.6 is 11.6 Å². The largest absolute Gasteiger partial charge is 0.166 e. The summed E-state index contributed by atoms with van der Waals surface area (Å²) in [6.45, 7) is 6.12. The summed E-state index contributed by atoms with van der Waals surface area (Å²) in [5, 5.41) is 8.38. The molecular formula is C15H21ClN2. The van der Waals surface area contributed by atoms with Crippen LogP contribution in [0, 0.1) is 0 Å². The molecule has 0 aliphatic carbocycles. The molecule has 0 spiro atoms. The summed E-state index contributed by atoms with van der Waals surface area (Å²) in [6.07, 6.45) is 5.13. The van der Waals surface area contributed by atoms with Crippen molar-refractivity contribution in [3.05, 3.63) is 42.0 Å². The van der Waals surface area contributed by atoms with E-state index in [9.17, 15) is 0 Å². The van der Waals surface area contributed by atoms with Gasteiger partial charge in [0.15, 0.2) is 5.00 Å². The zero-order valence-corrected chi connectivity index (χ0v) is 12.1. The van der Waals surface area contributed by atoms with Crippen molar-refractivity contribution in [1.82, 2.24) is 0 Å². The number of hydrogen-bond donors (Lipinski definition) is 0. The minimum Gasteiger partial charge on any atom is -0.166 e. The Morgan fingerprint density at radius 1 is 1.28 bits per heavy atom. The Hall–Kier alpha value is -1.15. The molecule has 0 amide bonds. The van der Waals surface area contributed by atoms with Crippen LogP contribution in [-0.2, 0) is 0 Å². The van der Waals surface area contributed by atoms with Gasteiger partial charge in [0.05, 0.1) is 5.69 Å². The highest BCUT2D eigenvalue weighted by molar-refractivity contribution is 6.23. The highest BCUT2D eigenvalue weighted by Gasteiger charge is 2.18. The number of halogens is 1. The summed E-state index contributed by atoms with van der Waals surface area (Å²) >= 11 is 6.32. The molecule has 18 heavy (non-hydrogen) atoms. The number of benzene rings is 1. The molecule has 1 atom stereocenters. The van der Waals surface area contributed by atoms with Gasteiger partial charge in [-0.15, -0.1) is 0 Å². The average molecular weight is 265 g/mol. The Morgan fingerprint density at radius 3 is 2.56 bits per heavy atom. The summed E-state index contributed by atoms with van der Waals surface area (Å²) in [5.41, 5.74) is 2.19. The topological polar surface area (TPSA) is 24.7 Å². The van der Waals surface area contributed by atoms with Gasteiger partial charge in [-0.2, -0.15) is 10.2 Å². The first-order valence-electron chi connectivity index (χ1n) is 6.30.